The minimum Gasteiger partial charge on any atom is -0.468 e. The summed E-state index contributed by atoms with van der Waals surface area (Å²) in [5, 5.41) is 4.80. The van der Waals surface area contributed by atoms with E-state index in [1.54, 1.807) is 13.0 Å². The van der Waals surface area contributed by atoms with Crippen LogP contribution in [-0.2, 0) is 9.59 Å². The number of hydrogen-bond donors (Lipinski definition) is 2. The molecule has 1 heterocycles. The third kappa shape index (κ3) is 5.10. The molecule has 0 saturated carbocycles. The summed E-state index contributed by atoms with van der Waals surface area (Å²) in [6.07, 6.45) is 1.53. The number of hydrogen-bond acceptors (Lipinski definition) is 4. The number of amides is 2. The van der Waals surface area contributed by atoms with Gasteiger partial charge in [-0.25, -0.2) is 8.78 Å². The standard InChI is InChI=1S/C15H14F2N2O3S/c1-9-13(4-5-22-9)23-8-15(21)18-7-14(20)19-10-2-3-11(16)12(17)6-10/h2-6H,7-8H2,1H3,(H,18,21)(H,19,20). The van der Waals surface area contributed by atoms with Gasteiger partial charge in [0, 0.05) is 16.6 Å². The van der Waals surface area contributed by atoms with E-state index in [1.807, 2.05) is 0 Å². The fourth-order valence-electron chi connectivity index (χ4n) is 1.68. The van der Waals surface area contributed by atoms with Gasteiger partial charge < -0.3 is 15.1 Å². The molecule has 2 rings (SSSR count). The molecule has 0 fully saturated rings. The number of furan rings is 1. The second-order valence-corrected chi connectivity index (χ2v) is 5.60. The summed E-state index contributed by atoms with van der Waals surface area (Å²) in [4.78, 5) is 24.1. The molecule has 1 aromatic heterocycles. The van der Waals surface area contributed by atoms with Crippen molar-refractivity contribution in [2.24, 2.45) is 0 Å². The predicted octanol–water partition coefficient (Wildman–Crippen LogP) is 2.71. The highest BCUT2D eigenvalue weighted by atomic mass is 32.2. The number of carbonyl (C=O) groups excluding carboxylic acids is 2. The molecule has 5 nitrogen and oxygen atoms in total. The zero-order valence-electron chi connectivity index (χ0n) is 12.2. The van der Waals surface area contributed by atoms with Gasteiger partial charge in [-0.2, -0.15) is 0 Å². The van der Waals surface area contributed by atoms with Crippen LogP contribution in [0.2, 0.25) is 0 Å². The van der Waals surface area contributed by atoms with Gasteiger partial charge in [-0.3, -0.25) is 9.59 Å². The van der Waals surface area contributed by atoms with Gasteiger partial charge in [-0.05, 0) is 25.1 Å². The van der Waals surface area contributed by atoms with Crippen molar-refractivity contribution in [2.75, 3.05) is 17.6 Å². The molecule has 0 unspecified atom stereocenters. The van der Waals surface area contributed by atoms with Crippen molar-refractivity contribution >= 4 is 29.3 Å². The maximum Gasteiger partial charge on any atom is 0.243 e. The summed E-state index contributed by atoms with van der Waals surface area (Å²) in [7, 11) is 0. The lowest BCUT2D eigenvalue weighted by molar-refractivity contribution is -0.122. The Labute approximate surface area is 135 Å². The molecule has 2 amide bonds. The van der Waals surface area contributed by atoms with Gasteiger partial charge in [0.05, 0.1) is 18.6 Å². The molecule has 1 aromatic carbocycles. The van der Waals surface area contributed by atoms with Gasteiger partial charge in [0.2, 0.25) is 11.8 Å². The van der Waals surface area contributed by atoms with Gasteiger partial charge in [0.15, 0.2) is 11.6 Å². The molecule has 23 heavy (non-hydrogen) atoms. The van der Waals surface area contributed by atoms with E-state index in [0.717, 1.165) is 22.8 Å². The largest absolute Gasteiger partial charge is 0.468 e. The van der Waals surface area contributed by atoms with Crippen molar-refractivity contribution < 1.29 is 22.8 Å². The van der Waals surface area contributed by atoms with E-state index in [-0.39, 0.29) is 23.9 Å². The molecule has 122 valence electrons. The summed E-state index contributed by atoms with van der Waals surface area (Å²) in [5.74, 6) is -2.05. The van der Waals surface area contributed by atoms with Gasteiger partial charge >= 0.3 is 0 Å². The Bertz CT molecular complexity index is 718. The molecular formula is C15H14F2N2O3S. The Morgan fingerprint density at radius 2 is 1.96 bits per heavy atom. The normalized spacial score (nSPS) is 10.4. The van der Waals surface area contributed by atoms with Crippen LogP contribution in [-0.4, -0.2) is 24.1 Å². The van der Waals surface area contributed by atoms with E-state index in [4.69, 9.17) is 4.42 Å². The second kappa shape index (κ2) is 7.77. The highest BCUT2D eigenvalue weighted by molar-refractivity contribution is 8.00. The molecule has 0 aliphatic rings. The van der Waals surface area contributed by atoms with E-state index < -0.39 is 17.5 Å². The fraction of sp³-hybridized carbons (Fsp3) is 0.200. The monoisotopic (exact) mass is 340 g/mol. The minimum absolute atomic E-state index is 0.117. The SMILES string of the molecule is Cc1occc1SCC(=O)NCC(=O)Nc1ccc(F)c(F)c1. The fourth-order valence-corrected chi connectivity index (χ4v) is 2.47. The molecule has 2 N–H and O–H groups in total. The number of aryl methyl sites for hydroxylation is 1. The Kier molecular flexibility index (Phi) is 5.75. The van der Waals surface area contributed by atoms with Crippen LogP contribution in [0.15, 0.2) is 39.8 Å². The van der Waals surface area contributed by atoms with Crippen molar-refractivity contribution in [1.82, 2.24) is 5.32 Å². The minimum atomic E-state index is -1.06. The van der Waals surface area contributed by atoms with Gasteiger partial charge in [0.25, 0.3) is 0 Å². The Balaban J connectivity index is 1.74. The van der Waals surface area contributed by atoms with Crippen molar-refractivity contribution in [1.29, 1.82) is 0 Å². The molecule has 0 spiro atoms. The first-order valence-corrected chi connectivity index (χ1v) is 7.63. The third-order valence-electron chi connectivity index (χ3n) is 2.82. The number of halogens is 2. The van der Waals surface area contributed by atoms with Gasteiger partial charge in [0.1, 0.15) is 5.76 Å². The van der Waals surface area contributed by atoms with Crippen LogP contribution in [0.3, 0.4) is 0 Å². The van der Waals surface area contributed by atoms with E-state index in [1.165, 1.54) is 24.1 Å². The second-order valence-electron chi connectivity index (χ2n) is 4.58. The Morgan fingerprint density at radius 1 is 1.17 bits per heavy atom. The molecule has 0 radical (unpaired) electrons. The highest BCUT2D eigenvalue weighted by Crippen LogP contribution is 2.22. The lowest BCUT2D eigenvalue weighted by Gasteiger charge is -2.07. The van der Waals surface area contributed by atoms with Crippen molar-refractivity contribution in [2.45, 2.75) is 11.8 Å². The van der Waals surface area contributed by atoms with Crippen LogP contribution in [0.1, 0.15) is 5.76 Å². The zero-order chi connectivity index (χ0) is 16.8. The maximum absolute atomic E-state index is 13.0. The molecule has 8 heteroatoms. The average Bonchev–Trinajstić information content (AvgIpc) is 2.92. The molecule has 0 atom stereocenters. The van der Waals surface area contributed by atoms with E-state index in [2.05, 4.69) is 10.6 Å². The van der Waals surface area contributed by atoms with E-state index >= 15 is 0 Å². The van der Waals surface area contributed by atoms with Crippen LogP contribution in [0, 0.1) is 18.6 Å². The molecule has 0 saturated heterocycles. The molecular weight excluding hydrogens is 326 g/mol. The number of nitrogens with one attached hydrogen (secondary N) is 2. The third-order valence-corrected chi connectivity index (χ3v) is 3.96. The van der Waals surface area contributed by atoms with Crippen LogP contribution in [0.25, 0.3) is 0 Å². The lowest BCUT2D eigenvalue weighted by Crippen LogP contribution is -2.33. The van der Waals surface area contributed by atoms with E-state index in [0.29, 0.717) is 0 Å². The molecule has 0 aliphatic heterocycles. The predicted molar refractivity (Wildman–Crippen MR) is 82.2 cm³/mol. The lowest BCUT2D eigenvalue weighted by atomic mass is 10.3. The van der Waals surface area contributed by atoms with Crippen LogP contribution in [0.4, 0.5) is 14.5 Å². The Hall–Kier alpha value is -2.35. The number of carbonyl (C=O) groups is 2. The summed E-state index contributed by atoms with van der Waals surface area (Å²) >= 11 is 1.29. The zero-order valence-corrected chi connectivity index (χ0v) is 13.0. The van der Waals surface area contributed by atoms with Crippen LogP contribution < -0.4 is 10.6 Å². The number of rotatable bonds is 6. The maximum atomic E-state index is 13.0. The first-order valence-electron chi connectivity index (χ1n) is 6.64. The first kappa shape index (κ1) is 17.0. The van der Waals surface area contributed by atoms with Crippen LogP contribution in [0.5, 0.6) is 0 Å². The van der Waals surface area contributed by atoms with Crippen LogP contribution >= 0.6 is 11.8 Å². The van der Waals surface area contributed by atoms with Gasteiger partial charge in [-0.1, -0.05) is 0 Å². The summed E-state index contributed by atoms with van der Waals surface area (Å²) < 4.78 is 30.9. The topological polar surface area (TPSA) is 71.3 Å². The number of benzene rings is 1. The van der Waals surface area contributed by atoms with Crippen molar-refractivity contribution in [3.63, 3.8) is 0 Å². The first-order chi connectivity index (χ1) is 11.0. The molecule has 2 aromatic rings. The highest BCUT2D eigenvalue weighted by Gasteiger charge is 2.10. The van der Waals surface area contributed by atoms with E-state index in [9.17, 15) is 18.4 Å². The molecule has 0 bridgehead atoms. The van der Waals surface area contributed by atoms with Gasteiger partial charge in [-0.15, -0.1) is 11.8 Å². The quantitative estimate of drug-likeness (QED) is 0.793. The average molecular weight is 340 g/mol. The summed E-state index contributed by atoms with van der Waals surface area (Å²) in [5.41, 5.74) is 0.117. The number of thioether (sulfide) groups is 1. The molecule has 0 aliphatic carbocycles. The smallest absolute Gasteiger partial charge is 0.243 e. The van der Waals surface area contributed by atoms with Crippen molar-refractivity contribution in [3.05, 3.63) is 47.9 Å². The summed E-state index contributed by atoms with van der Waals surface area (Å²) in [6.45, 7) is 1.53. The number of anilines is 1. The Morgan fingerprint density at radius 3 is 2.61 bits per heavy atom. The van der Waals surface area contributed by atoms with Crippen molar-refractivity contribution in [3.8, 4) is 0 Å². The summed E-state index contributed by atoms with van der Waals surface area (Å²) in [6, 6.07) is 4.76.